The molecule has 0 spiro atoms. The van der Waals surface area contributed by atoms with Crippen LogP contribution in [0.1, 0.15) is 72.9 Å². The second-order valence-corrected chi connectivity index (χ2v) is 7.28. The highest BCUT2D eigenvalue weighted by molar-refractivity contribution is 6.04. The molecule has 1 unspecified atom stereocenters. The molecule has 1 aromatic rings. The van der Waals surface area contributed by atoms with Crippen LogP contribution in [0.4, 0.5) is 0 Å². The molecule has 0 radical (unpaired) electrons. The highest BCUT2D eigenvalue weighted by Gasteiger charge is 2.31. The lowest BCUT2D eigenvalue weighted by Gasteiger charge is -2.31. The summed E-state index contributed by atoms with van der Waals surface area (Å²) in [7, 11) is 1.87. The summed E-state index contributed by atoms with van der Waals surface area (Å²) in [5.41, 5.74) is 2.91. The maximum atomic E-state index is 12.4. The first-order chi connectivity index (χ1) is 11.5. The van der Waals surface area contributed by atoms with Gasteiger partial charge < -0.3 is 9.64 Å². The van der Waals surface area contributed by atoms with Gasteiger partial charge in [-0.25, -0.2) is 0 Å². The Morgan fingerprint density at radius 1 is 1.25 bits per heavy atom. The van der Waals surface area contributed by atoms with Gasteiger partial charge in [0.15, 0.2) is 12.4 Å². The number of hydrogen-bond donors (Lipinski definition) is 0. The van der Waals surface area contributed by atoms with E-state index in [1.54, 1.807) is 0 Å². The van der Waals surface area contributed by atoms with Crippen LogP contribution in [0, 0.1) is 6.92 Å². The number of benzene rings is 1. The predicted octanol–water partition coefficient (Wildman–Crippen LogP) is 3.85. The number of hydrogen-bond acceptors (Lipinski definition) is 3. The van der Waals surface area contributed by atoms with Crippen LogP contribution < -0.4 is 4.74 Å². The summed E-state index contributed by atoms with van der Waals surface area (Å²) in [4.78, 5) is 26.6. The van der Waals surface area contributed by atoms with E-state index >= 15 is 0 Å². The van der Waals surface area contributed by atoms with Crippen molar-refractivity contribution >= 4 is 11.7 Å². The van der Waals surface area contributed by atoms with Crippen molar-refractivity contribution in [3.05, 3.63) is 28.8 Å². The summed E-state index contributed by atoms with van der Waals surface area (Å²) < 4.78 is 5.78. The number of likely N-dealkylation sites (N-methyl/N-ethyl adjacent to an activating group) is 1. The minimum atomic E-state index is -0.00489. The number of carbonyl (C=O) groups is 2. The molecule has 0 saturated heterocycles. The zero-order valence-electron chi connectivity index (χ0n) is 14.9. The molecule has 24 heavy (non-hydrogen) atoms. The van der Waals surface area contributed by atoms with E-state index < -0.39 is 0 Å². The predicted molar refractivity (Wildman–Crippen MR) is 93.7 cm³/mol. The van der Waals surface area contributed by atoms with Crippen molar-refractivity contribution < 1.29 is 14.3 Å². The van der Waals surface area contributed by atoms with Crippen LogP contribution in [0.25, 0.3) is 0 Å². The summed E-state index contributed by atoms with van der Waals surface area (Å²) >= 11 is 0. The summed E-state index contributed by atoms with van der Waals surface area (Å²) in [5, 5.41) is 0. The molecular weight excluding hydrogens is 302 g/mol. The Morgan fingerprint density at radius 2 is 1.96 bits per heavy atom. The van der Waals surface area contributed by atoms with Gasteiger partial charge in [0, 0.05) is 19.5 Å². The van der Waals surface area contributed by atoms with Crippen LogP contribution >= 0.6 is 0 Å². The monoisotopic (exact) mass is 329 g/mol. The molecule has 130 valence electrons. The molecule has 1 aromatic carbocycles. The van der Waals surface area contributed by atoms with Crippen LogP contribution in [0.15, 0.2) is 12.1 Å². The van der Waals surface area contributed by atoms with E-state index in [1.807, 2.05) is 31.0 Å². The van der Waals surface area contributed by atoms with E-state index in [2.05, 4.69) is 6.92 Å². The maximum absolute atomic E-state index is 12.4. The van der Waals surface area contributed by atoms with Crippen LogP contribution in [0.2, 0.25) is 0 Å². The molecule has 4 heteroatoms. The molecule has 4 nitrogen and oxygen atoms in total. The van der Waals surface area contributed by atoms with Gasteiger partial charge in [0.2, 0.25) is 0 Å². The lowest BCUT2D eigenvalue weighted by atomic mass is 9.94. The van der Waals surface area contributed by atoms with Crippen LogP contribution in [-0.2, 0) is 4.79 Å². The van der Waals surface area contributed by atoms with Gasteiger partial charge in [0.25, 0.3) is 5.91 Å². The van der Waals surface area contributed by atoms with E-state index in [0.29, 0.717) is 23.8 Å². The zero-order valence-corrected chi connectivity index (χ0v) is 14.9. The SMILES string of the molecule is Cc1ccc(OCC(=O)N(C)C2CCCCC2)c2c1C(C)CC2=O. The minimum absolute atomic E-state index is 0.00413. The fraction of sp³-hybridized carbons (Fsp3) is 0.600. The van der Waals surface area contributed by atoms with Crippen molar-refractivity contribution in [1.29, 1.82) is 0 Å². The van der Waals surface area contributed by atoms with E-state index in [4.69, 9.17) is 4.74 Å². The second kappa shape index (κ2) is 6.96. The molecule has 0 bridgehead atoms. The molecule has 2 aliphatic rings. The van der Waals surface area contributed by atoms with Gasteiger partial charge in [-0.1, -0.05) is 32.3 Å². The molecule has 2 aliphatic carbocycles. The topological polar surface area (TPSA) is 46.6 Å². The molecule has 0 aliphatic heterocycles. The average Bonchev–Trinajstić information content (AvgIpc) is 2.90. The van der Waals surface area contributed by atoms with Gasteiger partial charge in [0.1, 0.15) is 5.75 Å². The lowest BCUT2D eigenvalue weighted by molar-refractivity contribution is -0.134. The Hall–Kier alpha value is -1.84. The van der Waals surface area contributed by atoms with Crippen molar-refractivity contribution in [3.8, 4) is 5.75 Å². The molecule has 3 rings (SSSR count). The number of nitrogens with zero attached hydrogens (tertiary/aromatic N) is 1. The molecule has 1 fully saturated rings. The van der Waals surface area contributed by atoms with Gasteiger partial charge in [-0.05, 0) is 42.9 Å². The summed E-state index contributed by atoms with van der Waals surface area (Å²) in [6.45, 7) is 4.10. The molecule has 0 heterocycles. The second-order valence-electron chi connectivity index (χ2n) is 7.28. The number of ketones is 1. The van der Waals surface area contributed by atoms with Crippen molar-refractivity contribution in [2.45, 2.75) is 64.3 Å². The number of amides is 1. The van der Waals surface area contributed by atoms with Crippen LogP contribution in [0.3, 0.4) is 0 Å². The maximum Gasteiger partial charge on any atom is 0.260 e. The lowest BCUT2D eigenvalue weighted by Crippen LogP contribution is -2.40. The molecule has 0 aromatic heterocycles. The van der Waals surface area contributed by atoms with E-state index in [-0.39, 0.29) is 24.2 Å². The van der Waals surface area contributed by atoms with E-state index in [0.717, 1.165) is 24.0 Å². The number of fused-ring (bicyclic) bond motifs is 1. The number of rotatable bonds is 4. The van der Waals surface area contributed by atoms with Crippen LogP contribution in [-0.4, -0.2) is 36.3 Å². The Bertz CT molecular complexity index is 647. The summed E-state index contributed by atoms with van der Waals surface area (Å²) in [6.07, 6.45) is 6.36. The minimum Gasteiger partial charge on any atom is -0.483 e. The molecule has 1 saturated carbocycles. The Balaban J connectivity index is 1.69. The van der Waals surface area contributed by atoms with Crippen molar-refractivity contribution in [1.82, 2.24) is 4.90 Å². The summed E-state index contributed by atoms with van der Waals surface area (Å²) in [6, 6.07) is 4.15. The number of Topliss-reactive ketones (excluding diaryl/α,β-unsaturated/α-hetero) is 1. The molecule has 1 amide bonds. The van der Waals surface area contributed by atoms with Gasteiger partial charge in [0.05, 0.1) is 5.56 Å². The van der Waals surface area contributed by atoms with Gasteiger partial charge in [-0.3, -0.25) is 9.59 Å². The largest absolute Gasteiger partial charge is 0.483 e. The fourth-order valence-corrected chi connectivity index (χ4v) is 4.14. The van der Waals surface area contributed by atoms with Crippen molar-refractivity contribution in [2.75, 3.05) is 13.7 Å². The standard InChI is InChI=1S/C20H27NO3/c1-13-9-10-17(20-16(22)11-14(2)19(13)20)24-12-18(23)21(3)15-7-5-4-6-8-15/h9-10,14-15H,4-8,11-12H2,1-3H3. The van der Waals surface area contributed by atoms with E-state index in [1.165, 1.54) is 19.3 Å². The zero-order chi connectivity index (χ0) is 17.3. The van der Waals surface area contributed by atoms with Gasteiger partial charge >= 0.3 is 0 Å². The molecule has 0 N–H and O–H groups in total. The average molecular weight is 329 g/mol. The summed E-state index contributed by atoms with van der Waals surface area (Å²) in [5.74, 6) is 0.922. The van der Waals surface area contributed by atoms with Crippen LogP contribution in [0.5, 0.6) is 5.75 Å². The highest BCUT2D eigenvalue weighted by atomic mass is 16.5. The third-order valence-electron chi connectivity index (χ3n) is 5.56. The normalized spacial score (nSPS) is 20.8. The van der Waals surface area contributed by atoms with Gasteiger partial charge in [-0.15, -0.1) is 0 Å². The quantitative estimate of drug-likeness (QED) is 0.843. The first kappa shape index (κ1) is 17.0. The van der Waals surface area contributed by atoms with Crippen molar-refractivity contribution in [2.24, 2.45) is 0 Å². The van der Waals surface area contributed by atoms with Gasteiger partial charge in [-0.2, -0.15) is 0 Å². The Labute approximate surface area is 144 Å². The number of carbonyl (C=O) groups excluding carboxylic acids is 2. The van der Waals surface area contributed by atoms with E-state index in [9.17, 15) is 9.59 Å². The molecule has 1 atom stereocenters. The first-order valence-electron chi connectivity index (χ1n) is 9.04. The highest BCUT2D eigenvalue weighted by Crippen LogP contribution is 2.40. The Morgan fingerprint density at radius 3 is 2.67 bits per heavy atom. The Kier molecular flexibility index (Phi) is 4.93. The first-order valence-corrected chi connectivity index (χ1v) is 9.04. The third-order valence-corrected chi connectivity index (χ3v) is 5.56. The third kappa shape index (κ3) is 3.19. The molecular formula is C20H27NO3. The van der Waals surface area contributed by atoms with Crippen molar-refractivity contribution in [3.63, 3.8) is 0 Å². The fourth-order valence-electron chi connectivity index (χ4n) is 4.14. The number of ether oxygens (including phenoxy) is 1. The smallest absolute Gasteiger partial charge is 0.260 e. The number of aryl methyl sites for hydroxylation is 1.